The maximum atomic E-state index is 13.3. The zero-order valence-corrected chi connectivity index (χ0v) is 17.2. The van der Waals surface area contributed by atoms with E-state index in [4.69, 9.17) is 5.73 Å². The van der Waals surface area contributed by atoms with Crippen LogP contribution in [0.25, 0.3) is 0 Å². The maximum Gasteiger partial charge on any atom is 0.245 e. The number of rotatable bonds is 7. The monoisotopic (exact) mass is 380 g/mol. The van der Waals surface area contributed by atoms with Gasteiger partial charge < -0.3 is 20.9 Å². The third-order valence-electron chi connectivity index (χ3n) is 5.60. The molecular formula is C20H36N4O3. The van der Waals surface area contributed by atoms with Gasteiger partial charge in [-0.1, -0.05) is 27.7 Å². The Hall–Kier alpha value is -1.63. The van der Waals surface area contributed by atoms with Gasteiger partial charge in [0, 0.05) is 32.1 Å². The summed E-state index contributed by atoms with van der Waals surface area (Å²) in [6.45, 7) is 10.7. The topological polar surface area (TPSA) is 95.7 Å². The molecule has 7 heteroatoms. The molecule has 0 unspecified atom stereocenters. The largest absolute Gasteiger partial charge is 0.369 e. The summed E-state index contributed by atoms with van der Waals surface area (Å²) in [6, 6.07) is -0.624. The lowest BCUT2D eigenvalue weighted by molar-refractivity contribution is -0.150. The summed E-state index contributed by atoms with van der Waals surface area (Å²) in [5, 5.41) is 3.31. The van der Waals surface area contributed by atoms with Gasteiger partial charge in [-0.15, -0.1) is 0 Å². The molecule has 2 aliphatic rings. The molecule has 2 saturated heterocycles. The van der Waals surface area contributed by atoms with E-state index in [1.165, 1.54) is 0 Å². The third-order valence-corrected chi connectivity index (χ3v) is 5.60. The standard InChI is InChI=1S/C20H36N4O3/c1-13(2)11-16-19(26)24(10-7-22-16)17(12-14(3)4)20(27)23-8-5-15(6-9-23)18(21)25/h13-17,22H,5-12H2,1-4H3,(H2,21,25)/t16-,17-/m0/s1. The molecule has 0 aromatic heterocycles. The summed E-state index contributed by atoms with van der Waals surface area (Å²) >= 11 is 0. The number of amides is 3. The minimum atomic E-state index is -0.417. The highest BCUT2D eigenvalue weighted by Crippen LogP contribution is 2.23. The van der Waals surface area contributed by atoms with Crippen LogP contribution in [0.2, 0.25) is 0 Å². The number of carbonyl (C=O) groups excluding carboxylic acids is 3. The second kappa shape index (κ2) is 9.53. The molecule has 0 aliphatic carbocycles. The Labute approximate surface area is 163 Å². The number of hydrogen-bond acceptors (Lipinski definition) is 4. The van der Waals surface area contributed by atoms with Crippen LogP contribution in [0.5, 0.6) is 0 Å². The predicted octanol–water partition coefficient (Wildman–Crippen LogP) is 0.972. The van der Waals surface area contributed by atoms with Crippen LogP contribution in [0.1, 0.15) is 53.4 Å². The molecular weight excluding hydrogens is 344 g/mol. The summed E-state index contributed by atoms with van der Waals surface area (Å²) < 4.78 is 0. The lowest BCUT2D eigenvalue weighted by Crippen LogP contribution is -2.62. The molecule has 154 valence electrons. The zero-order chi connectivity index (χ0) is 20.1. The van der Waals surface area contributed by atoms with Crippen LogP contribution < -0.4 is 11.1 Å². The van der Waals surface area contributed by atoms with Crippen molar-refractivity contribution in [3.8, 4) is 0 Å². The Morgan fingerprint density at radius 1 is 1.11 bits per heavy atom. The summed E-state index contributed by atoms with van der Waals surface area (Å²) in [7, 11) is 0. The van der Waals surface area contributed by atoms with Crippen LogP contribution in [0.3, 0.4) is 0 Å². The first-order chi connectivity index (χ1) is 12.7. The molecule has 0 aromatic carbocycles. The van der Waals surface area contributed by atoms with E-state index in [1.54, 1.807) is 4.90 Å². The van der Waals surface area contributed by atoms with Gasteiger partial charge in [0.1, 0.15) is 6.04 Å². The van der Waals surface area contributed by atoms with Gasteiger partial charge in [-0.05, 0) is 37.5 Å². The van der Waals surface area contributed by atoms with E-state index >= 15 is 0 Å². The van der Waals surface area contributed by atoms with Crippen molar-refractivity contribution in [1.29, 1.82) is 0 Å². The Balaban J connectivity index is 2.11. The number of primary amides is 1. The summed E-state index contributed by atoms with van der Waals surface area (Å²) in [5.74, 6) is 0.362. The lowest BCUT2D eigenvalue weighted by Gasteiger charge is -2.42. The molecule has 27 heavy (non-hydrogen) atoms. The van der Waals surface area contributed by atoms with Crippen molar-refractivity contribution in [2.75, 3.05) is 26.2 Å². The van der Waals surface area contributed by atoms with Gasteiger partial charge in [0.25, 0.3) is 0 Å². The number of nitrogens with two attached hydrogens (primary N) is 1. The number of likely N-dealkylation sites (tertiary alicyclic amines) is 1. The second-order valence-electron chi connectivity index (χ2n) is 8.82. The van der Waals surface area contributed by atoms with Crippen molar-refractivity contribution in [2.45, 2.75) is 65.5 Å². The average molecular weight is 381 g/mol. The summed E-state index contributed by atoms with van der Waals surface area (Å²) in [4.78, 5) is 41.3. The SMILES string of the molecule is CC(C)C[C@@H]1NCCN([C@@H](CC(C)C)C(=O)N2CCC(C(N)=O)CC2)C1=O. The molecule has 0 radical (unpaired) electrons. The maximum absolute atomic E-state index is 13.3. The Kier molecular flexibility index (Phi) is 7.65. The Morgan fingerprint density at radius 2 is 1.74 bits per heavy atom. The number of piperidine rings is 1. The molecule has 0 spiro atoms. The van der Waals surface area contributed by atoms with E-state index in [0.29, 0.717) is 50.7 Å². The molecule has 0 aromatic rings. The van der Waals surface area contributed by atoms with Gasteiger partial charge >= 0.3 is 0 Å². The van der Waals surface area contributed by atoms with Crippen LogP contribution in [0.4, 0.5) is 0 Å². The Morgan fingerprint density at radius 3 is 2.26 bits per heavy atom. The van der Waals surface area contributed by atoms with E-state index < -0.39 is 6.04 Å². The van der Waals surface area contributed by atoms with E-state index in [1.807, 2.05) is 4.90 Å². The number of nitrogens with one attached hydrogen (secondary N) is 1. The van der Waals surface area contributed by atoms with Gasteiger partial charge in [-0.2, -0.15) is 0 Å². The molecule has 3 amide bonds. The van der Waals surface area contributed by atoms with Gasteiger partial charge in [0.2, 0.25) is 17.7 Å². The molecule has 7 nitrogen and oxygen atoms in total. The van der Waals surface area contributed by atoms with Crippen molar-refractivity contribution in [2.24, 2.45) is 23.5 Å². The van der Waals surface area contributed by atoms with Crippen LogP contribution in [-0.4, -0.2) is 65.8 Å². The molecule has 2 aliphatic heterocycles. The summed E-state index contributed by atoms with van der Waals surface area (Å²) in [6.07, 6.45) is 2.67. The molecule has 2 atom stereocenters. The van der Waals surface area contributed by atoms with Crippen molar-refractivity contribution in [1.82, 2.24) is 15.1 Å². The first kappa shape index (κ1) is 21.7. The average Bonchev–Trinajstić information content (AvgIpc) is 2.60. The normalized spacial score (nSPS) is 23.2. The van der Waals surface area contributed by atoms with Crippen molar-refractivity contribution >= 4 is 17.7 Å². The highest BCUT2D eigenvalue weighted by molar-refractivity contribution is 5.90. The summed E-state index contributed by atoms with van der Waals surface area (Å²) in [5.41, 5.74) is 5.40. The van der Waals surface area contributed by atoms with Crippen LogP contribution in [0, 0.1) is 17.8 Å². The van der Waals surface area contributed by atoms with Crippen molar-refractivity contribution in [3.63, 3.8) is 0 Å². The van der Waals surface area contributed by atoms with Gasteiger partial charge in [-0.3, -0.25) is 14.4 Å². The fourth-order valence-corrected chi connectivity index (χ4v) is 4.12. The van der Waals surface area contributed by atoms with Crippen molar-refractivity contribution in [3.05, 3.63) is 0 Å². The first-order valence-electron chi connectivity index (χ1n) is 10.3. The third kappa shape index (κ3) is 5.67. The van der Waals surface area contributed by atoms with E-state index in [0.717, 1.165) is 13.0 Å². The molecule has 2 rings (SSSR count). The van der Waals surface area contributed by atoms with Crippen LogP contribution in [0.15, 0.2) is 0 Å². The number of hydrogen-bond donors (Lipinski definition) is 2. The smallest absolute Gasteiger partial charge is 0.245 e. The fraction of sp³-hybridized carbons (Fsp3) is 0.850. The number of nitrogens with zero attached hydrogens (tertiary/aromatic N) is 2. The highest BCUT2D eigenvalue weighted by Gasteiger charge is 2.39. The first-order valence-corrected chi connectivity index (χ1v) is 10.3. The van der Waals surface area contributed by atoms with E-state index in [-0.39, 0.29) is 29.7 Å². The molecule has 2 heterocycles. The van der Waals surface area contributed by atoms with Gasteiger partial charge in [-0.25, -0.2) is 0 Å². The quantitative estimate of drug-likeness (QED) is 0.688. The van der Waals surface area contributed by atoms with Gasteiger partial charge in [0.15, 0.2) is 0 Å². The molecule has 0 saturated carbocycles. The van der Waals surface area contributed by atoms with Gasteiger partial charge in [0.05, 0.1) is 6.04 Å². The Bertz CT molecular complexity index is 541. The van der Waals surface area contributed by atoms with E-state index in [9.17, 15) is 14.4 Å². The molecule has 3 N–H and O–H groups in total. The predicted molar refractivity (Wildman–Crippen MR) is 105 cm³/mol. The number of piperazine rings is 1. The van der Waals surface area contributed by atoms with Crippen molar-refractivity contribution < 1.29 is 14.4 Å². The second-order valence-corrected chi connectivity index (χ2v) is 8.82. The highest BCUT2D eigenvalue weighted by atomic mass is 16.2. The van der Waals surface area contributed by atoms with E-state index in [2.05, 4.69) is 33.0 Å². The molecule has 2 fully saturated rings. The minimum Gasteiger partial charge on any atom is -0.369 e. The minimum absolute atomic E-state index is 0.0187. The lowest BCUT2D eigenvalue weighted by atomic mass is 9.93. The fourth-order valence-electron chi connectivity index (χ4n) is 4.12. The van der Waals surface area contributed by atoms with Crippen LogP contribution >= 0.6 is 0 Å². The zero-order valence-electron chi connectivity index (χ0n) is 17.2. The number of carbonyl (C=O) groups is 3. The molecule has 0 bridgehead atoms. The van der Waals surface area contributed by atoms with Crippen LogP contribution in [-0.2, 0) is 14.4 Å².